The van der Waals surface area contributed by atoms with E-state index in [0.29, 0.717) is 0 Å². The highest BCUT2D eigenvalue weighted by atomic mass is 32.2. The van der Waals surface area contributed by atoms with Gasteiger partial charge in [-0.3, -0.25) is 4.79 Å². The van der Waals surface area contributed by atoms with Crippen molar-refractivity contribution in [3.63, 3.8) is 0 Å². The van der Waals surface area contributed by atoms with E-state index in [9.17, 15) is 4.79 Å². The lowest BCUT2D eigenvalue weighted by Crippen LogP contribution is -2.34. The monoisotopic (exact) mass is 334 g/mol. The first kappa shape index (κ1) is 15.7. The van der Waals surface area contributed by atoms with Gasteiger partial charge < -0.3 is 9.88 Å². The predicted octanol–water partition coefficient (Wildman–Crippen LogP) is 4.25. The quantitative estimate of drug-likeness (QED) is 0.887. The second-order valence-corrected chi connectivity index (χ2v) is 7.75. The van der Waals surface area contributed by atoms with Crippen LogP contribution in [0.4, 0.5) is 0 Å². The Kier molecular flexibility index (Phi) is 4.93. The smallest absolute Gasteiger partial charge is 0.254 e. The number of amides is 1. The highest BCUT2D eigenvalue weighted by Crippen LogP contribution is 2.38. The van der Waals surface area contributed by atoms with Gasteiger partial charge in [-0.1, -0.05) is 13.8 Å². The zero-order chi connectivity index (χ0) is 15.5. The predicted molar refractivity (Wildman–Crippen MR) is 95.3 cm³/mol. The third-order valence-electron chi connectivity index (χ3n) is 4.19. The van der Waals surface area contributed by atoms with Crippen molar-refractivity contribution in [2.75, 3.05) is 5.75 Å². The summed E-state index contributed by atoms with van der Waals surface area (Å²) in [5.74, 6) is 2.24. The summed E-state index contributed by atoms with van der Waals surface area (Å²) in [6.45, 7) is 4.25. The van der Waals surface area contributed by atoms with E-state index in [4.69, 9.17) is 0 Å². The van der Waals surface area contributed by atoms with E-state index in [1.54, 1.807) is 11.3 Å². The summed E-state index contributed by atoms with van der Waals surface area (Å²) >= 11 is 3.73. The molecule has 0 fully saturated rings. The van der Waals surface area contributed by atoms with E-state index in [2.05, 4.69) is 23.7 Å². The van der Waals surface area contributed by atoms with Crippen LogP contribution in [0.25, 0.3) is 5.00 Å². The summed E-state index contributed by atoms with van der Waals surface area (Å²) in [7, 11) is 0. The Balaban J connectivity index is 2.01. The van der Waals surface area contributed by atoms with Gasteiger partial charge in [0.05, 0.1) is 5.56 Å². The van der Waals surface area contributed by atoms with Crippen molar-refractivity contribution in [3.8, 4) is 5.00 Å². The van der Waals surface area contributed by atoms with E-state index < -0.39 is 0 Å². The SMILES string of the molecule is CCC(CC)NC(=O)c1c(-n2cccc2)sc2c1CCSC2. The van der Waals surface area contributed by atoms with Gasteiger partial charge in [-0.15, -0.1) is 11.3 Å². The lowest BCUT2D eigenvalue weighted by atomic mass is 10.1. The summed E-state index contributed by atoms with van der Waals surface area (Å²) < 4.78 is 2.08. The molecule has 3 nitrogen and oxygen atoms in total. The molecule has 0 aromatic carbocycles. The van der Waals surface area contributed by atoms with E-state index >= 15 is 0 Å². The molecule has 0 saturated heterocycles. The molecule has 0 saturated carbocycles. The molecule has 0 radical (unpaired) electrons. The molecule has 118 valence electrons. The fraction of sp³-hybridized carbons (Fsp3) is 0.471. The Morgan fingerprint density at radius 3 is 2.73 bits per heavy atom. The van der Waals surface area contributed by atoms with Crippen LogP contribution in [0.2, 0.25) is 0 Å². The number of nitrogens with zero attached hydrogens (tertiary/aromatic N) is 1. The van der Waals surface area contributed by atoms with Crippen LogP contribution in [0, 0.1) is 0 Å². The van der Waals surface area contributed by atoms with Gasteiger partial charge in [0.1, 0.15) is 5.00 Å². The molecular weight excluding hydrogens is 312 g/mol. The summed E-state index contributed by atoms with van der Waals surface area (Å²) in [6, 6.07) is 4.28. The molecular formula is C17H22N2OS2. The molecule has 3 heterocycles. The van der Waals surface area contributed by atoms with Crippen molar-refractivity contribution in [2.24, 2.45) is 0 Å². The Bertz CT molecular complexity index is 642. The number of hydrogen-bond donors (Lipinski definition) is 1. The largest absolute Gasteiger partial charge is 0.349 e. The topological polar surface area (TPSA) is 34.0 Å². The van der Waals surface area contributed by atoms with Gasteiger partial charge in [0.2, 0.25) is 0 Å². The van der Waals surface area contributed by atoms with Crippen LogP contribution in [0.5, 0.6) is 0 Å². The van der Waals surface area contributed by atoms with Gasteiger partial charge in [-0.25, -0.2) is 0 Å². The molecule has 1 aliphatic rings. The lowest BCUT2D eigenvalue weighted by molar-refractivity contribution is 0.0934. The molecule has 5 heteroatoms. The molecule has 1 N–H and O–H groups in total. The molecule has 22 heavy (non-hydrogen) atoms. The molecule has 1 aliphatic heterocycles. The number of nitrogens with one attached hydrogen (secondary N) is 1. The summed E-state index contributed by atoms with van der Waals surface area (Å²) in [5.41, 5.74) is 2.18. The second kappa shape index (κ2) is 6.92. The minimum absolute atomic E-state index is 0.0989. The van der Waals surface area contributed by atoms with E-state index in [-0.39, 0.29) is 11.9 Å². The van der Waals surface area contributed by atoms with Gasteiger partial charge in [0, 0.05) is 29.1 Å². The van der Waals surface area contributed by atoms with Crippen LogP contribution in [0.1, 0.15) is 47.5 Å². The number of thiophene rings is 1. The number of carbonyl (C=O) groups excluding carboxylic acids is 1. The molecule has 0 atom stereocenters. The van der Waals surface area contributed by atoms with Crippen molar-refractivity contribution in [1.82, 2.24) is 9.88 Å². The van der Waals surface area contributed by atoms with Crippen LogP contribution in [0.15, 0.2) is 24.5 Å². The Morgan fingerprint density at radius 1 is 1.32 bits per heavy atom. The number of hydrogen-bond acceptors (Lipinski definition) is 3. The van der Waals surface area contributed by atoms with Gasteiger partial charge in [-0.05, 0) is 42.7 Å². The van der Waals surface area contributed by atoms with Crippen LogP contribution in [0.3, 0.4) is 0 Å². The lowest BCUT2D eigenvalue weighted by Gasteiger charge is -2.17. The van der Waals surface area contributed by atoms with E-state index in [1.807, 2.05) is 36.3 Å². The maximum Gasteiger partial charge on any atom is 0.254 e. The Hall–Kier alpha value is -1.20. The summed E-state index contributed by atoms with van der Waals surface area (Å²) in [5, 5.41) is 4.29. The highest BCUT2D eigenvalue weighted by Gasteiger charge is 2.27. The van der Waals surface area contributed by atoms with Crippen molar-refractivity contribution in [3.05, 3.63) is 40.5 Å². The number of carbonyl (C=O) groups is 1. The first-order valence-corrected chi connectivity index (χ1v) is 9.88. The van der Waals surface area contributed by atoms with Crippen LogP contribution in [-0.2, 0) is 12.2 Å². The van der Waals surface area contributed by atoms with Gasteiger partial charge in [-0.2, -0.15) is 11.8 Å². The van der Waals surface area contributed by atoms with Crippen LogP contribution in [-0.4, -0.2) is 22.3 Å². The maximum absolute atomic E-state index is 12.9. The standard InChI is InChI=1S/C17H22N2OS2/c1-3-12(4-2)18-16(20)15-13-7-10-21-11-14(13)22-17(15)19-8-5-6-9-19/h5-6,8-9,12H,3-4,7,10-11H2,1-2H3,(H,18,20). The number of fused-ring (bicyclic) bond motifs is 1. The third kappa shape index (κ3) is 2.97. The molecule has 2 aromatic rings. The molecule has 0 unspecified atom stereocenters. The maximum atomic E-state index is 12.9. The highest BCUT2D eigenvalue weighted by molar-refractivity contribution is 7.98. The minimum atomic E-state index is 0.0989. The zero-order valence-corrected chi connectivity index (χ0v) is 14.7. The average Bonchev–Trinajstić information content (AvgIpc) is 3.18. The minimum Gasteiger partial charge on any atom is -0.349 e. The molecule has 2 aromatic heterocycles. The Morgan fingerprint density at radius 2 is 2.05 bits per heavy atom. The van der Waals surface area contributed by atoms with Crippen molar-refractivity contribution >= 4 is 29.0 Å². The Labute approximate surface area is 140 Å². The molecule has 3 rings (SSSR count). The van der Waals surface area contributed by atoms with Crippen LogP contribution >= 0.6 is 23.1 Å². The summed E-state index contributed by atoms with van der Waals surface area (Å²) in [6.07, 6.45) is 7.01. The second-order valence-electron chi connectivity index (χ2n) is 5.56. The van der Waals surface area contributed by atoms with Gasteiger partial charge in [0.15, 0.2) is 0 Å². The normalized spacial score (nSPS) is 14.1. The van der Waals surface area contributed by atoms with Gasteiger partial charge >= 0.3 is 0 Å². The molecule has 0 aliphatic carbocycles. The van der Waals surface area contributed by atoms with Gasteiger partial charge in [0.25, 0.3) is 5.91 Å². The summed E-state index contributed by atoms with van der Waals surface area (Å²) in [4.78, 5) is 14.3. The fourth-order valence-corrected chi connectivity index (χ4v) is 5.30. The molecule has 1 amide bonds. The number of aromatic nitrogens is 1. The fourth-order valence-electron chi connectivity index (χ4n) is 2.85. The average molecular weight is 335 g/mol. The third-order valence-corrected chi connectivity index (χ3v) is 6.60. The first-order chi connectivity index (χ1) is 10.7. The molecule has 0 bridgehead atoms. The number of rotatable bonds is 5. The first-order valence-electron chi connectivity index (χ1n) is 7.91. The van der Waals surface area contributed by atoms with Crippen molar-refractivity contribution in [2.45, 2.75) is 44.9 Å². The zero-order valence-electron chi connectivity index (χ0n) is 13.1. The van der Waals surface area contributed by atoms with Crippen LogP contribution < -0.4 is 5.32 Å². The van der Waals surface area contributed by atoms with E-state index in [1.165, 1.54) is 10.4 Å². The molecule has 0 spiro atoms. The van der Waals surface area contributed by atoms with E-state index in [0.717, 1.165) is 41.3 Å². The van der Waals surface area contributed by atoms with Crippen molar-refractivity contribution < 1.29 is 4.79 Å². The van der Waals surface area contributed by atoms with Crippen molar-refractivity contribution in [1.29, 1.82) is 0 Å². The number of thioether (sulfide) groups is 1.